The van der Waals surface area contributed by atoms with Gasteiger partial charge in [0.25, 0.3) is 0 Å². The van der Waals surface area contributed by atoms with Gasteiger partial charge in [0.05, 0.1) is 24.0 Å². The highest BCUT2D eigenvalue weighted by molar-refractivity contribution is 6.30. The summed E-state index contributed by atoms with van der Waals surface area (Å²) in [5, 5.41) is 6.00. The van der Waals surface area contributed by atoms with Gasteiger partial charge in [0.1, 0.15) is 12.4 Å². The lowest BCUT2D eigenvalue weighted by Crippen LogP contribution is -2.10. The smallest absolute Gasteiger partial charge is 0.130 e. The molecule has 0 unspecified atom stereocenters. The average molecular weight is 469 g/mol. The second-order valence-corrected chi connectivity index (χ2v) is 7.99. The van der Waals surface area contributed by atoms with E-state index in [0.29, 0.717) is 18.2 Å². The fourth-order valence-corrected chi connectivity index (χ4v) is 3.52. The highest BCUT2D eigenvalue weighted by atomic mass is 35.5. The molecule has 0 aliphatic rings. The van der Waals surface area contributed by atoms with Gasteiger partial charge in [-0.05, 0) is 59.2 Å². The number of pyridine rings is 1. The van der Waals surface area contributed by atoms with Crippen molar-refractivity contribution in [3.8, 4) is 5.75 Å². The SMILES string of the molecule is CN=C/C=N\NC/C(=C/c1ccc(Cl)cc1)c1ccc(OCc2ccc3ccccc3n2)cc1. The van der Waals surface area contributed by atoms with Gasteiger partial charge in [-0.2, -0.15) is 5.10 Å². The Hall–Kier alpha value is -3.96. The van der Waals surface area contributed by atoms with Crippen LogP contribution in [-0.4, -0.2) is 31.0 Å². The number of ether oxygens (including phenoxy) is 1. The number of nitrogens with one attached hydrogen (secondary N) is 1. The number of para-hydroxylation sites is 1. The van der Waals surface area contributed by atoms with Gasteiger partial charge in [-0.1, -0.05) is 60.1 Å². The number of fused-ring (bicyclic) bond motifs is 1. The maximum Gasteiger partial charge on any atom is 0.130 e. The van der Waals surface area contributed by atoms with Crippen molar-refractivity contribution in [2.24, 2.45) is 10.1 Å². The third-order valence-electron chi connectivity index (χ3n) is 5.13. The molecule has 1 N–H and O–H groups in total. The molecule has 0 aliphatic heterocycles. The highest BCUT2D eigenvalue weighted by Crippen LogP contribution is 2.23. The van der Waals surface area contributed by atoms with E-state index in [1.54, 1.807) is 19.5 Å². The molecule has 34 heavy (non-hydrogen) atoms. The van der Waals surface area contributed by atoms with Crippen LogP contribution in [0.25, 0.3) is 22.6 Å². The molecule has 0 spiro atoms. The fourth-order valence-electron chi connectivity index (χ4n) is 3.39. The topological polar surface area (TPSA) is 58.9 Å². The highest BCUT2D eigenvalue weighted by Gasteiger charge is 2.05. The fraction of sp³-hybridized carbons (Fsp3) is 0.107. The average Bonchev–Trinajstić information content (AvgIpc) is 2.88. The third kappa shape index (κ3) is 6.53. The molecular weight excluding hydrogens is 444 g/mol. The first kappa shape index (κ1) is 23.2. The Balaban J connectivity index is 1.47. The minimum atomic E-state index is 0.410. The quantitative estimate of drug-likeness (QED) is 0.178. The number of nitrogens with zero attached hydrogens (tertiary/aromatic N) is 3. The predicted octanol–water partition coefficient (Wildman–Crippen LogP) is 6.28. The molecule has 0 bridgehead atoms. The standard InChI is InChI=1S/C28H25ClN4O/c1-30-16-17-31-32-19-24(18-21-6-11-25(29)12-7-21)22-9-14-27(15-10-22)34-20-26-13-8-23-4-2-3-5-28(23)33-26/h2-18,32H,19-20H2,1H3/b24-18-,30-16?,31-17-. The van der Waals surface area contributed by atoms with Gasteiger partial charge < -0.3 is 10.2 Å². The summed E-state index contributed by atoms with van der Waals surface area (Å²) >= 11 is 6.03. The van der Waals surface area contributed by atoms with E-state index in [1.165, 1.54) is 0 Å². The zero-order chi connectivity index (χ0) is 23.6. The van der Waals surface area contributed by atoms with Gasteiger partial charge in [-0.3, -0.25) is 4.99 Å². The Morgan fingerprint density at radius 2 is 1.74 bits per heavy atom. The van der Waals surface area contributed by atoms with E-state index in [1.807, 2.05) is 72.8 Å². The van der Waals surface area contributed by atoms with Crippen molar-refractivity contribution < 1.29 is 4.74 Å². The molecule has 0 fully saturated rings. The molecule has 3 aromatic carbocycles. The molecule has 0 amide bonds. The molecule has 0 saturated carbocycles. The van der Waals surface area contributed by atoms with E-state index in [-0.39, 0.29) is 0 Å². The molecule has 4 aromatic rings. The van der Waals surface area contributed by atoms with Gasteiger partial charge in [0.15, 0.2) is 0 Å². The first-order chi connectivity index (χ1) is 16.7. The van der Waals surface area contributed by atoms with Crippen LogP contribution in [0.2, 0.25) is 5.02 Å². The summed E-state index contributed by atoms with van der Waals surface area (Å²) in [6, 6.07) is 27.9. The molecule has 1 heterocycles. The maximum absolute atomic E-state index is 6.03. The van der Waals surface area contributed by atoms with Crippen molar-refractivity contribution in [1.29, 1.82) is 0 Å². The summed E-state index contributed by atoms with van der Waals surface area (Å²) < 4.78 is 5.98. The second kappa shape index (κ2) is 11.8. The van der Waals surface area contributed by atoms with Gasteiger partial charge in [0, 0.05) is 23.7 Å². The number of aliphatic imine (C=N–C) groups is 1. The molecular formula is C28H25ClN4O. The molecule has 4 rings (SSSR count). The van der Waals surface area contributed by atoms with Crippen LogP contribution >= 0.6 is 11.6 Å². The predicted molar refractivity (Wildman–Crippen MR) is 143 cm³/mol. The summed E-state index contributed by atoms with van der Waals surface area (Å²) in [5.74, 6) is 0.787. The maximum atomic E-state index is 6.03. The molecule has 0 saturated heterocycles. The van der Waals surface area contributed by atoms with Crippen molar-refractivity contribution >= 4 is 46.6 Å². The van der Waals surface area contributed by atoms with Crippen LogP contribution in [-0.2, 0) is 6.61 Å². The summed E-state index contributed by atoms with van der Waals surface area (Å²) in [4.78, 5) is 8.56. The number of benzene rings is 3. The van der Waals surface area contributed by atoms with Crippen LogP contribution in [0.15, 0.2) is 95.0 Å². The molecule has 0 radical (unpaired) electrons. The van der Waals surface area contributed by atoms with Crippen LogP contribution < -0.4 is 10.2 Å². The van der Waals surface area contributed by atoms with Crippen LogP contribution in [0.4, 0.5) is 0 Å². The van der Waals surface area contributed by atoms with Gasteiger partial charge in [-0.25, -0.2) is 4.98 Å². The largest absolute Gasteiger partial charge is 0.487 e. The van der Waals surface area contributed by atoms with Crippen LogP contribution in [0.5, 0.6) is 5.75 Å². The number of aromatic nitrogens is 1. The molecule has 1 aromatic heterocycles. The Morgan fingerprint density at radius 1 is 0.941 bits per heavy atom. The van der Waals surface area contributed by atoms with E-state index in [2.05, 4.69) is 38.7 Å². The summed E-state index contributed by atoms with van der Waals surface area (Å²) in [5.41, 5.74) is 8.14. The summed E-state index contributed by atoms with van der Waals surface area (Å²) in [6.07, 6.45) is 5.37. The van der Waals surface area contributed by atoms with Gasteiger partial charge >= 0.3 is 0 Å². The molecule has 170 valence electrons. The van der Waals surface area contributed by atoms with E-state index in [4.69, 9.17) is 16.3 Å². The normalized spacial score (nSPS) is 12.0. The Kier molecular flexibility index (Phi) is 8.04. The second-order valence-electron chi connectivity index (χ2n) is 7.55. The van der Waals surface area contributed by atoms with E-state index in [9.17, 15) is 0 Å². The van der Waals surface area contributed by atoms with Crippen molar-refractivity contribution in [3.05, 3.63) is 107 Å². The third-order valence-corrected chi connectivity index (χ3v) is 5.38. The Morgan fingerprint density at radius 3 is 2.53 bits per heavy atom. The van der Waals surface area contributed by atoms with Gasteiger partial charge in [0.2, 0.25) is 0 Å². The van der Waals surface area contributed by atoms with E-state index in [0.717, 1.165) is 39.0 Å². The molecule has 0 atom stereocenters. The number of hydrazone groups is 1. The van der Waals surface area contributed by atoms with Crippen molar-refractivity contribution in [3.63, 3.8) is 0 Å². The van der Waals surface area contributed by atoms with Gasteiger partial charge in [-0.15, -0.1) is 0 Å². The van der Waals surface area contributed by atoms with Crippen molar-refractivity contribution in [2.45, 2.75) is 6.61 Å². The number of rotatable bonds is 9. The van der Waals surface area contributed by atoms with E-state index >= 15 is 0 Å². The lowest BCUT2D eigenvalue weighted by molar-refractivity contribution is 0.302. The number of halogens is 1. The minimum absolute atomic E-state index is 0.410. The van der Waals surface area contributed by atoms with E-state index < -0.39 is 0 Å². The minimum Gasteiger partial charge on any atom is -0.487 e. The molecule has 5 nitrogen and oxygen atoms in total. The Bertz CT molecular complexity index is 1310. The monoisotopic (exact) mass is 468 g/mol. The first-order valence-corrected chi connectivity index (χ1v) is 11.3. The summed E-state index contributed by atoms with van der Waals surface area (Å²) in [7, 11) is 1.71. The summed E-state index contributed by atoms with van der Waals surface area (Å²) in [6.45, 7) is 0.963. The zero-order valence-electron chi connectivity index (χ0n) is 18.9. The van der Waals surface area contributed by atoms with Crippen molar-refractivity contribution in [1.82, 2.24) is 10.4 Å². The Labute approximate surface area is 204 Å². The van der Waals surface area contributed by atoms with Crippen LogP contribution in [0.1, 0.15) is 16.8 Å². The lowest BCUT2D eigenvalue weighted by atomic mass is 10.0. The molecule has 0 aliphatic carbocycles. The van der Waals surface area contributed by atoms with Crippen LogP contribution in [0.3, 0.4) is 0 Å². The first-order valence-electron chi connectivity index (χ1n) is 10.9. The molecule has 6 heteroatoms. The van der Waals surface area contributed by atoms with Crippen LogP contribution in [0, 0.1) is 0 Å². The zero-order valence-corrected chi connectivity index (χ0v) is 19.6. The number of hydrogen-bond donors (Lipinski definition) is 1. The number of hydrogen-bond acceptors (Lipinski definition) is 5. The van der Waals surface area contributed by atoms with Crippen molar-refractivity contribution in [2.75, 3.05) is 13.6 Å². The lowest BCUT2D eigenvalue weighted by Gasteiger charge is -2.11.